The second-order valence-electron chi connectivity index (χ2n) is 7.06. The molecular formula is C19H23FN2O. The highest BCUT2D eigenvalue weighted by atomic mass is 19.1. The Kier molecular flexibility index (Phi) is 3.72. The molecule has 2 aromatic rings. The standard InChI is InChI=1S/C19H23FN2O/c1-12-7-8-14(20)19-15(22-11-21-10-16(22)18(12)19)9-17(23)13-5-3-2-4-6-13/h7-8,10-11,13,15,17,23H,2-6,9H2,1H3. The predicted octanol–water partition coefficient (Wildman–Crippen LogP) is 4.23. The van der Waals surface area contributed by atoms with E-state index in [1.165, 1.54) is 19.3 Å². The van der Waals surface area contributed by atoms with Gasteiger partial charge in [0.2, 0.25) is 0 Å². The maximum atomic E-state index is 14.5. The van der Waals surface area contributed by atoms with E-state index in [9.17, 15) is 9.50 Å². The second-order valence-corrected chi connectivity index (χ2v) is 7.06. The highest BCUT2D eigenvalue weighted by Gasteiger charge is 2.35. The van der Waals surface area contributed by atoms with Crippen molar-refractivity contribution in [2.45, 2.75) is 57.6 Å². The van der Waals surface area contributed by atoms with Gasteiger partial charge in [0.1, 0.15) is 5.82 Å². The fourth-order valence-corrected chi connectivity index (χ4v) is 4.43. The third kappa shape index (κ3) is 2.40. The van der Waals surface area contributed by atoms with Gasteiger partial charge in [-0.25, -0.2) is 9.37 Å². The largest absolute Gasteiger partial charge is 0.393 e. The summed E-state index contributed by atoms with van der Waals surface area (Å²) in [5, 5.41) is 10.7. The smallest absolute Gasteiger partial charge is 0.129 e. The molecule has 2 heterocycles. The average molecular weight is 314 g/mol. The molecule has 4 rings (SSSR count). The molecule has 23 heavy (non-hydrogen) atoms. The summed E-state index contributed by atoms with van der Waals surface area (Å²) in [5.41, 5.74) is 3.73. The molecule has 2 unspecified atom stereocenters. The molecule has 1 saturated carbocycles. The lowest BCUT2D eigenvalue weighted by Crippen LogP contribution is -2.26. The molecule has 1 aromatic heterocycles. The van der Waals surface area contributed by atoms with E-state index < -0.39 is 0 Å². The van der Waals surface area contributed by atoms with Crippen LogP contribution in [0, 0.1) is 18.7 Å². The third-order valence-corrected chi connectivity index (χ3v) is 5.65. The van der Waals surface area contributed by atoms with E-state index >= 15 is 0 Å². The van der Waals surface area contributed by atoms with Gasteiger partial charge in [-0.15, -0.1) is 0 Å². The number of fused-ring (bicyclic) bond motifs is 3. The number of benzene rings is 1. The molecule has 1 aliphatic heterocycles. The summed E-state index contributed by atoms with van der Waals surface area (Å²) < 4.78 is 16.6. The van der Waals surface area contributed by atoms with Gasteiger partial charge in [0.25, 0.3) is 0 Å². The first-order valence-corrected chi connectivity index (χ1v) is 8.66. The molecule has 4 heteroatoms. The topological polar surface area (TPSA) is 38.0 Å². The van der Waals surface area contributed by atoms with Crippen LogP contribution in [0.15, 0.2) is 24.7 Å². The van der Waals surface area contributed by atoms with E-state index in [4.69, 9.17) is 0 Å². The van der Waals surface area contributed by atoms with Crippen LogP contribution in [-0.2, 0) is 0 Å². The lowest BCUT2D eigenvalue weighted by Gasteiger charge is -2.29. The van der Waals surface area contributed by atoms with Crippen LogP contribution < -0.4 is 0 Å². The van der Waals surface area contributed by atoms with Gasteiger partial charge in [0.05, 0.1) is 30.4 Å². The van der Waals surface area contributed by atoms with Crippen LogP contribution in [0.4, 0.5) is 4.39 Å². The minimum absolute atomic E-state index is 0.140. The van der Waals surface area contributed by atoms with Crippen LogP contribution in [0.1, 0.15) is 55.7 Å². The number of hydrogen-bond acceptors (Lipinski definition) is 2. The third-order valence-electron chi connectivity index (χ3n) is 5.65. The van der Waals surface area contributed by atoms with Gasteiger partial charge in [0.15, 0.2) is 0 Å². The number of aromatic nitrogens is 2. The predicted molar refractivity (Wildman–Crippen MR) is 87.7 cm³/mol. The summed E-state index contributed by atoms with van der Waals surface area (Å²) >= 11 is 0. The Hall–Kier alpha value is -1.68. The van der Waals surface area contributed by atoms with Crippen molar-refractivity contribution in [3.63, 3.8) is 0 Å². The monoisotopic (exact) mass is 314 g/mol. The van der Waals surface area contributed by atoms with Gasteiger partial charge >= 0.3 is 0 Å². The SMILES string of the molecule is Cc1ccc(F)c2c1-c1cncn1C2CC(O)C1CCCCC1. The molecule has 2 aliphatic rings. The van der Waals surface area contributed by atoms with E-state index in [1.54, 1.807) is 18.6 Å². The van der Waals surface area contributed by atoms with Crippen LogP contribution in [0.3, 0.4) is 0 Å². The van der Waals surface area contributed by atoms with E-state index in [-0.39, 0.29) is 18.0 Å². The van der Waals surface area contributed by atoms with Gasteiger partial charge in [-0.1, -0.05) is 25.3 Å². The van der Waals surface area contributed by atoms with Crippen molar-refractivity contribution in [3.05, 3.63) is 41.6 Å². The van der Waals surface area contributed by atoms with Crippen molar-refractivity contribution in [2.24, 2.45) is 5.92 Å². The summed E-state index contributed by atoms with van der Waals surface area (Å²) in [6, 6.07) is 3.23. The quantitative estimate of drug-likeness (QED) is 0.920. The number of halogens is 1. The molecule has 0 radical (unpaired) electrons. The molecule has 2 atom stereocenters. The maximum absolute atomic E-state index is 14.5. The molecule has 1 N–H and O–H groups in total. The number of aliphatic hydroxyl groups excluding tert-OH is 1. The van der Waals surface area contributed by atoms with E-state index in [1.807, 2.05) is 17.6 Å². The van der Waals surface area contributed by atoms with Crippen molar-refractivity contribution in [3.8, 4) is 11.3 Å². The van der Waals surface area contributed by atoms with Crippen molar-refractivity contribution in [1.82, 2.24) is 9.55 Å². The molecular weight excluding hydrogens is 291 g/mol. The van der Waals surface area contributed by atoms with Gasteiger partial charge < -0.3 is 9.67 Å². The van der Waals surface area contributed by atoms with Crippen LogP contribution in [0.2, 0.25) is 0 Å². The fourth-order valence-electron chi connectivity index (χ4n) is 4.43. The van der Waals surface area contributed by atoms with Crippen LogP contribution in [0.25, 0.3) is 11.3 Å². The Balaban J connectivity index is 1.69. The molecule has 122 valence electrons. The number of nitrogens with zero attached hydrogens (tertiary/aromatic N) is 2. The van der Waals surface area contributed by atoms with E-state index in [0.717, 1.165) is 35.2 Å². The first kappa shape index (κ1) is 14.9. The first-order chi connectivity index (χ1) is 11.2. The number of aryl methyl sites for hydroxylation is 1. The number of aliphatic hydroxyl groups is 1. The molecule has 0 saturated heterocycles. The zero-order chi connectivity index (χ0) is 16.0. The summed E-state index contributed by atoms with van der Waals surface area (Å²) in [6.07, 6.45) is 9.63. The Labute approximate surface area is 136 Å². The summed E-state index contributed by atoms with van der Waals surface area (Å²) in [7, 11) is 0. The highest BCUT2D eigenvalue weighted by Crippen LogP contribution is 2.45. The van der Waals surface area contributed by atoms with Gasteiger partial charge in [0, 0.05) is 11.1 Å². The lowest BCUT2D eigenvalue weighted by molar-refractivity contribution is 0.0683. The first-order valence-electron chi connectivity index (χ1n) is 8.66. The summed E-state index contributed by atoms with van der Waals surface area (Å²) in [6.45, 7) is 2.01. The Morgan fingerprint density at radius 2 is 2.09 bits per heavy atom. The normalized spacial score (nSPS) is 22.0. The molecule has 0 spiro atoms. The molecule has 0 bridgehead atoms. The van der Waals surface area contributed by atoms with Gasteiger partial charge in [-0.05, 0) is 43.7 Å². The molecule has 1 aliphatic carbocycles. The molecule has 0 amide bonds. The summed E-state index contributed by atoms with van der Waals surface area (Å²) in [4.78, 5) is 4.24. The Bertz CT molecular complexity index is 718. The van der Waals surface area contributed by atoms with Crippen molar-refractivity contribution in [2.75, 3.05) is 0 Å². The fraction of sp³-hybridized carbons (Fsp3) is 0.526. The highest BCUT2D eigenvalue weighted by molar-refractivity contribution is 5.72. The second kappa shape index (κ2) is 5.75. The summed E-state index contributed by atoms with van der Waals surface area (Å²) in [5.74, 6) is 0.183. The van der Waals surface area contributed by atoms with Gasteiger partial charge in [-0.3, -0.25) is 0 Å². The van der Waals surface area contributed by atoms with Gasteiger partial charge in [-0.2, -0.15) is 0 Å². The zero-order valence-electron chi connectivity index (χ0n) is 13.5. The minimum Gasteiger partial charge on any atom is -0.393 e. The number of imidazole rings is 1. The van der Waals surface area contributed by atoms with E-state index in [0.29, 0.717) is 12.3 Å². The maximum Gasteiger partial charge on any atom is 0.129 e. The van der Waals surface area contributed by atoms with Crippen molar-refractivity contribution < 1.29 is 9.50 Å². The van der Waals surface area contributed by atoms with Crippen molar-refractivity contribution >= 4 is 0 Å². The molecule has 1 aromatic carbocycles. The van der Waals surface area contributed by atoms with E-state index in [2.05, 4.69) is 4.98 Å². The zero-order valence-corrected chi connectivity index (χ0v) is 13.5. The Morgan fingerprint density at radius 1 is 1.30 bits per heavy atom. The molecule has 3 nitrogen and oxygen atoms in total. The van der Waals surface area contributed by atoms with Crippen LogP contribution in [0.5, 0.6) is 0 Å². The van der Waals surface area contributed by atoms with Crippen LogP contribution >= 0.6 is 0 Å². The minimum atomic E-state index is -0.374. The molecule has 1 fully saturated rings. The lowest BCUT2D eigenvalue weighted by atomic mass is 9.82. The number of hydrogen-bond donors (Lipinski definition) is 1. The Morgan fingerprint density at radius 3 is 2.87 bits per heavy atom. The van der Waals surface area contributed by atoms with Crippen molar-refractivity contribution in [1.29, 1.82) is 0 Å². The average Bonchev–Trinajstić information content (AvgIpc) is 3.14. The number of rotatable bonds is 3. The van der Waals surface area contributed by atoms with Crippen LogP contribution in [-0.4, -0.2) is 20.8 Å².